The van der Waals surface area contributed by atoms with E-state index in [-0.39, 0.29) is 11.8 Å². The average Bonchev–Trinajstić information content (AvgIpc) is 3.19. The number of halogens is 1. The van der Waals surface area contributed by atoms with Crippen LogP contribution in [0.15, 0.2) is 42.6 Å². The Hall–Kier alpha value is -2.22. The Bertz CT molecular complexity index is 903. The SMILES string of the molecule is CC(=O)Nc1ccc(C(=O)Nc2ncc(Cc3ccc(Cl)cc3)s2)s1. The predicted octanol–water partition coefficient (Wildman–Crippen LogP) is 4.66. The maximum atomic E-state index is 12.3. The van der Waals surface area contributed by atoms with Crippen LogP contribution in [-0.2, 0) is 11.2 Å². The van der Waals surface area contributed by atoms with Crippen LogP contribution >= 0.6 is 34.3 Å². The van der Waals surface area contributed by atoms with Crippen LogP contribution in [0, 0.1) is 0 Å². The van der Waals surface area contributed by atoms with Crippen molar-refractivity contribution >= 4 is 56.2 Å². The van der Waals surface area contributed by atoms with Crippen LogP contribution in [0.1, 0.15) is 27.0 Å². The minimum Gasteiger partial charge on any atom is -0.318 e. The van der Waals surface area contributed by atoms with Gasteiger partial charge >= 0.3 is 0 Å². The maximum absolute atomic E-state index is 12.3. The number of carbonyl (C=O) groups is 2. The van der Waals surface area contributed by atoms with Crippen molar-refractivity contribution in [2.75, 3.05) is 10.6 Å². The maximum Gasteiger partial charge on any atom is 0.267 e. The summed E-state index contributed by atoms with van der Waals surface area (Å²) >= 11 is 8.54. The first-order valence-electron chi connectivity index (χ1n) is 7.37. The molecule has 2 N–H and O–H groups in total. The molecule has 2 amide bonds. The Morgan fingerprint density at radius 2 is 1.84 bits per heavy atom. The van der Waals surface area contributed by atoms with Crippen LogP contribution in [0.2, 0.25) is 5.02 Å². The summed E-state index contributed by atoms with van der Waals surface area (Å²) in [5, 5.41) is 7.33. The molecule has 0 aliphatic heterocycles. The number of amides is 2. The molecule has 0 saturated carbocycles. The minimum absolute atomic E-state index is 0.166. The highest BCUT2D eigenvalue weighted by molar-refractivity contribution is 7.18. The van der Waals surface area contributed by atoms with Crippen molar-refractivity contribution < 1.29 is 9.59 Å². The number of carbonyl (C=O) groups excluding carboxylic acids is 2. The second kappa shape index (κ2) is 7.77. The molecule has 3 rings (SSSR count). The van der Waals surface area contributed by atoms with E-state index < -0.39 is 0 Å². The Morgan fingerprint density at radius 1 is 1.08 bits per heavy atom. The highest BCUT2D eigenvalue weighted by Crippen LogP contribution is 2.25. The molecule has 0 saturated heterocycles. The number of benzene rings is 1. The van der Waals surface area contributed by atoms with Gasteiger partial charge in [0.05, 0.1) is 9.88 Å². The van der Waals surface area contributed by atoms with Gasteiger partial charge in [0.25, 0.3) is 5.91 Å². The van der Waals surface area contributed by atoms with Crippen molar-refractivity contribution in [1.82, 2.24) is 4.98 Å². The lowest BCUT2D eigenvalue weighted by molar-refractivity contribution is -0.114. The number of nitrogens with zero attached hydrogens (tertiary/aromatic N) is 1. The van der Waals surface area contributed by atoms with Crippen LogP contribution in [0.5, 0.6) is 0 Å². The van der Waals surface area contributed by atoms with Gasteiger partial charge in [-0.15, -0.1) is 22.7 Å². The molecule has 128 valence electrons. The van der Waals surface area contributed by atoms with Gasteiger partial charge in [-0.2, -0.15) is 0 Å². The molecule has 1 aromatic carbocycles. The fourth-order valence-electron chi connectivity index (χ4n) is 2.11. The first-order valence-corrected chi connectivity index (χ1v) is 9.38. The van der Waals surface area contributed by atoms with Gasteiger partial charge in [0.2, 0.25) is 5.91 Å². The zero-order valence-corrected chi connectivity index (χ0v) is 15.6. The third kappa shape index (κ3) is 4.88. The predicted molar refractivity (Wildman–Crippen MR) is 103 cm³/mol. The standard InChI is InChI=1S/C17H14ClN3O2S2/c1-10(22)20-15-7-6-14(25-15)16(23)21-17-19-9-13(24-17)8-11-2-4-12(18)5-3-11/h2-7,9H,8H2,1H3,(H,20,22)(H,19,21,23). The van der Waals surface area contributed by atoms with Crippen LogP contribution < -0.4 is 10.6 Å². The summed E-state index contributed by atoms with van der Waals surface area (Å²) in [7, 11) is 0. The minimum atomic E-state index is -0.242. The fraction of sp³-hybridized carbons (Fsp3) is 0.118. The topological polar surface area (TPSA) is 71.1 Å². The second-order valence-electron chi connectivity index (χ2n) is 5.23. The lowest BCUT2D eigenvalue weighted by Gasteiger charge is -1.99. The molecule has 3 aromatic rings. The van der Waals surface area contributed by atoms with E-state index in [1.807, 2.05) is 24.3 Å². The van der Waals surface area contributed by atoms with Gasteiger partial charge in [0.15, 0.2) is 5.13 Å². The third-order valence-corrected chi connectivity index (χ3v) is 5.36. The molecule has 0 fully saturated rings. The molecule has 2 aromatic heterocycles. The van der Waals surface area contributed by atoms with Crippen molar-refractivity contribution in [3.8, 4) is 0 Å². The molecule has 0 spiro atoms. The zero-order chi connectivity index (χ0) is 17.8. The third-order valence-electron chi connectivity index (χ3n) is 3.19. The van der Waals surface area contributed by atoms with Crippen molar-refractivity contribution in [3.05, 3.63) is 62.9 Å². The summed E-state index contributed by atoms with van der Waals surface area (Å²) in [5.41, 5.74) is 1.13. The number of thiophene rings is 1. The molecule has 0 unspecified atom stereocenters. The summed E-state index contributed by atoms with van der Waals surface area (Å²) < 4.78 is 0. The number of hydrogen-bond acceptors (Lipinski definition) is 5. The van der Waals surface area contributed by atoms with Crippen LogP contribution in [0.25, 0.3) is 0 Å². The van der Waals surface area contributed by atoms with E-state index in [9.17, 15) is 9.59 Å². The van der Waals surface area contributed by atoms with Crippen molar-refractivity contribution in [1.29, 1.82) is 0 Å². The van der Waals surface area contributed by atoms with Gasteiger partial charge in [0.1, 0.15) is 0 Å². The molecule has 8 heteroatoms. The van der Waals surface area contributed by atoms with Gasteiger partial charge < -0.3 is 5.32 Å². The summed E-state index contributed by atoms with van der Waals surface area (Å²) in [6, 6.07) is 11.0. The number of nitrogens with one attached hydrogen (secondary N) is 2. The van der Waals surface area contributed by atoms with Gasteiger partial charge in [-0.1, -0.05) is 23.7 Å². The van der Waals surface area contributed by atoms with E-state index >= 15 is 0 Å². The summed E-state index contributed by atoms with van der Waals surface area (Å²) in [6.45, 7) is 1.43. The van der Waals surface area contributed by atoms with Gasteiger partial charge in [-0.3, -0.25) is 14.9 Å². The molecule has 0 radical (unpaired) electrons. The largest absolute Gasteiger partial charge is 0.318 e. The molecular weight excluding hydrogens is 378 g/mol. The molecule has 0 aliphatic carbocycles. The number of hydrogen-bond donors (Lipinski definition) is 2. The lowest BCUT2D eigenvalue weighted by atomic mass is 10.1. The Labute approximate surface area is 157 Å². The number of anilines is 2. The van der Waals surface area contributed by atoms with Gasteiger partial charge in [0, 0.05) is 29.4 Å². The second-order valence-corrected chi connectivity index (χ2v) is 7.87. The van der Waals surface area contributed by atoms with Crippen LogP contribution in [-0.4, -0.2) is 16.8 Å². The first-order chi connectivity index (χ1) is 12.0. The van der Waals surface area contributed by atoms with E-state index in [2.05, 4.69) is 15.6 Å². The Balaban J connectivity index is 1.62. The van der Waals surface area contributed by atoms with Gasteiger partial charge in [-0.25, -0.2) is 4.98 Å². The average molecular weight is 392 g/mol. The summed E-state index contributed by atoms with van der Waals surface area (Å²) in [4.78, 5) is 29.1. The number of aromatic nitrogens is 1. The van der Waals surface area contributed by atoms with E-state index in [1.165, 1.54) is 29.6 Å². The molecule has 0 aliphatic rings. The monoisotopic (exact) mass is 391 g/mol. The smallest absolute Gasteiger partial charge is 0.267 e. The quantitative estimate of drug-likeness (QED) is 0.664. The van der Waals surface area contributed by atoms with Crippen LogP contribution in [0.3, 0.4) is 0 Å². The Morgan fingerprint density at radius 3 is 2.56 bits per heavy atom. The molecule has 25 heavy (non-hydrogen) atoms. The molecular formula is C17H14ClN3O2S2. The normalized spacial score (nSPS) is 10.5. The van der Waals surface area contributed by atoms with Gasteiger partial charge in [-0.05, 0) is 29.8 Å². The highest BCUT2D eigenvalue weighted by Gasteiger charge is 2.12. The highest BCUT2D eigenvalue weighted by atomic mass is 35.5. The molecule has 0 atom stereocenters. The molecule has 2 heterocycles. The Kier molecular flexibility index (Phi) is 5.47. The van der Waals surface area contributed by atoms with Crippen LogP contribution in [0.4, 0.5) is 10.1 Å². The summed E-state index contributed by atoms with van der Waals surface area (Å²) in [5.74, 6) is -0.408. The summed E-state index contributed by atoms with van der Waals surface area (Å²) in [6.07, 6.45) is 2.49. The van der Waals surface area contributed by atoms with E-state index in [0.29, 0.717) is 20.0 Å². The van der Waals surface area contributed by atoms with Crippen molar-refractivity contribution in [3.63, 3.8) is 0 Å². The zero-order valence-electron chi connectivity index (χ0n) is 13.2. The molecule has 5 nitrogen and oxygen atoms in total. The first kappa shape index (κ1) is 17.6. The fourth-order valence-corrected chi connectivity index (χ4v) is 3.93. The number of rotatable bonds is 5. The van der Waals surface area contributed by atoms with Crippen molar-refractivity contribution in [2.45, 2.75) is 13.3 Å². The molecule has 0 bridgehead atoms. The van der Waals surface area contributed by atoms with E-state index in [0.717, 1.165) is 16.9 Å². The van der Waals surface area contributed by atoms with E-state index in [4.69, 9.17) is 11.6 Å². The number of thiazole rings is 1. The van der Waals surface area contributed by atoms with E-state index in [1.54, 1.807) is 18.3 Å². The lowest BCUT2D eigenvalue weighted by Crippen LogP contribution is -2.09. The van der Waals surface area contributed by atoms with Crippen molar-refractivity contribution in [2.24, 2.45) is 0 Å².